The van der Waals surface area contributed by atoms with Gasteiger partial charge in [-0.2, -0.15) is 5.26 Å². The van der Waals surface area contributed by atoms with E-state index in [4.69, 9.17) is 14.2 Å². The van der Waals surface area contributed by atoms with Crippen LogP contribution in [0, 0.1) is 18.3 Å². The number of nitriles is 1. The zero-order valence-electron chi connectivity index (χ0n) is 16.4. The number of benzene rings is 1. The molecule has 6 nitrogen and oxygen atoms in total. The second-order valence-electron chi connectivity index (χ2n) is 6.77. The maximum Gasteiger partial charge on any atom is 0.305 e. The van der Waals surface area contributed by atoms with Crippen molar-refractivity contribution in [3.05, 3.63) is 34.5 Å². The molecule has 0 saturated heterocycles. The van der Waals surface area contributed by atoms with Crippen LogP contribution in [0.15, 0.2) is 12.1 Å². The highest BCUT2D eigenvalue weighted by Crippen LogP contribution is 2.45. The van der Waals surface area contributed by atoms with Crippen LogP contribution < -0.4 is 9.47 Å². The summed E-state index contributed by atoms with van der Waals surface area (Å²) in [6.45, 7) is 4.08. The molecule has 1 unspecified atom stereocenters. The van der Waals surface area contributed by atoms with Gasteiger partial charge in [0.15, 0.2) is 11.5 Å². The number of esters is 1. The van der Waals surface area contributed by atoms with E-state index in [-0.39, 0.29) is 18.4 Å². The lowest BCUT2D eigenvalue weighted by Crippen LogP contribution is -2.19. The molecule has 27 heavy (non-hydrogen) atoms. The third-order valence-corrected chi connectivity index (χ3v) is 5.30. The summed E-state index contributed by atoms with van der Waals surface area (Å²) < 4.78 is 17.9. The molecule has 6 heteroatoms. The standard InChI is InChI=1S/C21H24N2O4/c1-12-8-14-9-18(25-3)19(26-4)10-15(14)21-16(11-22)13(2)17(23(12)21)6-7-20(24)27-5/h9-10,12H,6-8H2,1-5H3. The molecule has 3 rings (SSSR count). The Morgan fingerprint density at radius 2 is 1.93 bits per heavy atom. The third-order valence-electron chi connectivity index (χ3n) is 5.30. The van der Waals surface area contributed by atoms with E-state index in [1.807, 2.05) is 19.1 Å². The highest BCUT2D eigenvalue weighted by Gasteiger charge is 2.31. The number of aromatic nitrogens is 1. The molecule has 0 radical (unpaired) electrons. The Morgan fingerprint density at radius 1 is 1.26 bits per heavy atom. The predicted octanol–water partition coefficient (Wildman–Crippen LogP) is 3.58. The summed E-state index contributed by atoms with van der Waals surface area (Å²) in [7, 11) is 4.62. The van der Waals surface area contributed by atoms with Gasteiger partial charge < -0.3 is 18.8 Å². The number of rotatable bonds is 5. The molecule has 0 fully saturated rings. The molecule has 2 heterocycles. The number of carbonyl (C=O) groups is 1. The summed E-state index contributed by atoms with van der Waals surface area (Å²) >= 11 is 0. The highest BCUT2D eigenvalue weighted by molar-refractivity contribution is 5.78. The summed E-state index contributed by atoms with van der Waals surface area (Å²) in [5.41, 5.74) is 5.58. The molecule has 1 aliphatic heterocycles. The number of hydrogen-bond donors (Lipinski definition) is 0. The van der Waals surface area contributed by atoms with Crippen LogP contribution in [0.3, 0.4) is 0 Å². The predicted molar refractivity (Wildman–Crippen MR) is 101 cm³/mol. The number of hydrogen-bond acceptors (Lipinski definition) is 5. The Labute approximate surface area is 159 Å². The molecule has 1 atom stereocenters. The molecule has 0 amide bonds. The number of methoxy groups -OCH3 is 3. The molecule has 2 aromatic rings. The van der Waals surface area contributed by atoms with Crippen molar-refractivity contribution in [2.75, 3.05) is 21.3 Å². The second-order valence-corrected chi connectivity index (χ2v) is 6.77. The minimum absolute atomic E-state index is 0.166. The van der Waals surface area contributed by atoms with Gasteiger partial charge in [-0.05, 0) is 49.9 Å². The van der Waals surface area contributed by atoms with Crippen molar-refractivity contribution < 1.29 is 19.0 Å². The fourth-order valence-electron chi connectivity index (χ4n) is 4.00. The largest absolute Gasteiger partial charge is 0.493 e. The molecule has 142 valence electrons. The number of carbonyl (C=O) groups excluding carboxylic acids is 1. The first-order valence-electron chi connectivity index (χ1n) is 8.92. The van der Waals surface area contributed by atoms with Gasteiger partial charge in [0, 0.05) is 17.3 Å². The first-order chi connectivity index (χ1) is 13.0. The van der Waals surface area contributed by atoms with Gasteiger partial charge in [-0.25, -0.2) is 0 Å². The van der Waals surface area contributed by atoms with Crippen molar-refractivity contribution in [3.8, 4) is 28.8 Å². The van der Waals surface area contributed by atoms with Crippen molar-refractivity contribution >= 4 is 5.97 Å². The van der Waals surface area contributed by atoms with Crippen LogP contribution in [-0.2, 0) is 22.4 Å². The smallest absolute Gasteiger partial charge is 0.305 e. The molecule has 0 spiro atoms. The fraction of sp³-hybridized carbons (Fsp3) is 0.429. The lowest BCUT2D eigenvalue weighted by atomic mass is 9.92. The van der Waals surface area contributed by atoms with Gasteiger partial charge in [0.25, 0.3) is 0 Å². The van der Waals surface area contributed by atoms with Gasteiger partial charge in [0.05, 0.1) is 39.0 Å². The number of nitrogens with zero attached hydrogens (tertiary/aromatic N) is 2. The lowest BCUT2D eigenvalue weighted by Gasteiger charge is -2.29. The first kappa shape index (κ1) is 18.8. The van der Waals surface area contributed by atoms with Crippen LogP contribution in [0.4, 0.5) is 0 Å². The molecule has 0 bridgehead atoms. The van der Waals surface area contributed by atoms with Crippen LogP contribution in [0.25, 0.3) is 11.3 Å². The molecular formula is C21H24N2O4. The summed E-state index contributed by atoms with van der Waals surface area (Å²) in [5.74, 6) is 1.07. The van der Waals surface area contributed by atoms with Crippen molar-refractivity contribution in [2.45, 2.75) is 39.2 Å². The van der Waals surface area contributed by atoms with E-state index in [0.717, 1.165) is 34.5 Å². The van der Waals surface area contributed by atoms with Gasteiger partial charge >= 0.3 is 5.97 Å². The summed E-state index contributed by atoms with van der Waals surface area (Å²) in [4.78, 5) is 11.6. The number of fused-ring (bicyclic) bond motifs is 3. The van der Waals surface area contributed by atoms with Crippen LogP contribution in [0.1, 0.15) is 41.8 Å². The Balaban J connectivity index is 2.22. The van der Waals surface area contributed by atoms with Crippen LogP contribution in [0.2, 0.25) is 0 Å². The average molecular weight is 368 g/mol. The zero-order valence-corrected chi connectivity index (χ0v) is 16.4. The first-order valence-corrected chi connectivity index (χ1v) is 8.92. The zero-order chi connectivity index (χ0) is 19.7. The van der Waals surface area contributed by atoms with E-state index in [0.29, 0.717) is 23.5 Å². The summed E-state index contributed by atoms with van der Waals surface area (Å²) in [6.07, 6.45) is 1.64. The SMILES string of the molecule is COC(=O)CCc1c(C)c(C#N)c2n1C(C)Cc1cc(OC)c(OC)cc1-2. The van der Waals surface area contributed by atoms with Crippen molar-refractivity contribution in [1.82, 2.24) is 4.57 Å². The molecular weight excluding hydrogens is 344 g/mol. The van der Waals surface area contributed by atoms with E-state index < -0.39 is 0 Å². The Bertz CT molecular complexity index is 937. The van der Waals surface area contributed by atoms with Gasteiger partial charge in [0.2, 0.25) is 0 Å². The van der Waals surface area contributed by atoms with Gasteiger partial charge in [0.1, 0.15) is 6.07 Å². The second kappa shape index (κ2) is 7.36. The van der Waals surface area contributed by atoms with Crippen molar-refractivity contribution in [1.29, 1.82) is 5.26 Å². The maximum absolute atomic E-state index is 11.6. The van der Waals surface area contributed by atoms with Gasteiger partial charge in [-0.1, -0.05) is 0 Å². The minimum Gasteiger partial charge on any atom is -0.493 e. The third kappa shape index (κ3) is 3.03. The molecule has 0 N–H and O–H groups in total. The van der Waals surface area contributed by atoms with E-state index in [1.165, 1.54) is 7.11 Å². The molecule has 0 saturated carbocycles. The normalized spacial score (nSPS) is 14.7. The number of ether oxygens (including phenoxy) is 3. The van der Waals surface area contributed by atoms with E-state index in [2.05, 4.69) is 17.6 Å². The van der Waals surface area contributed by atoms with E-state index in [1.54, 1.807) is 14.2 Å². The molecule has 1 aromatic carbocycles. The minimum atomic E-state index is -0.251. The Morgan fingerprint density at radius 3 is 2.52 bits per heavy atom. The quantitative estimate of drug-likeness (QED) is 0.754. The molecule has 0 aliphatic carbocycles. The topological polar surface area (TPSA) is 73.5 Å². The van der Waals surface area contributed by atoms with Crippen LogP contribution >= 0.6 is 0 Å². The van der Waals surface area contributed by atoms with Crippen molar-refractivity contribution in [2.24, 2.45) is 0 Å². The van der Waals surface area contributed by atoms with Crippen LogP contribution in [-0.4, -0.2) is 31.9 Å². The van der Waals surface area contributed by atoms with Gasteiger partial charge in [-0.3, -0.25) is 4.79 Å². The van der Waals surface area contributed by atoms with E-state index >= 15 is 0 Å². The monoisotopic (exact) mass is 368 g/mol. The Hall–Kier alpha value is -2.94. The molecule has 1 aliphatic rings. The Kier molecular flexibility index (Phi) is 5.13. The fourth-order valence-corrected chi connectivity index (χ4v) is 4.00. The lowest BCUT2D eigenvalue weighted by molar-refractivity contribution is -0.140. The van der Waals surface area contributed by atoms with Crippen LogP contribution in [0.5, 0.6) is 11.5 Å². The van der Waals surface area contributed by atoms with Gasteiger partial charge in [-0.15, -0.1) is 0 Å². The highest BCUT2D eigenvalue weighted by atomic mass is 16.5. The summed E-state index contributed by atoms with van der Waals surface area (Å²) in [6, 6.07) is 6.46. The summed E-state index contributed by atoms with van der Waals surface area (Å²) in [5, 5.41) is 9.84. The maximum atomic E-state index is 11.6. The van der Waals surface area contributed by atoms with E-state index in [9.17, 15) is 10.1 Å². The average Bonchev–Trinajstić information content (AvgIpc) is 2.97. The molecule has 1 aromatic heterocycles. The van der Waals surface area contributed by atoms with Crippen molar-refractivity contribution in [3.63, 3.8) is 0 Å².